The Hall–Kier alpha value is -1.10. The van der Waals surface area contributed by atoms with E-state index in [-0.39, 0.29) is 0 Å². The lowest BCUT2D eigenvalue weighted by Gasteiger charge is -2.21. The van der Waals surface area contributed by atoms with E-state index in [1.807, 2.05) is 28.9 Å². The third kappa shape index (κ3) is 2.23. The van der Waals surface area contributed by atoms with Crippen LogP contribution in [0.15, 0.2) is 24.5 Å². The number of nitrogens with zero attached hydrogens (tertiary/aromatic N) is 3. The summed E-state index contributed by atoms with van der Waals surface area (Å²) < 4.78 is 1.98. The molecule has 3 rings (SSSR count). The summed E-state index contributed by atoms with van der Waals surface area (Å²) in [4.78, 5) is 7.03. The van der Waals surface area contributed by atoms with Gasteiger partial charge in [0, 0.05) is 31.5 Å². The van der Waals surface area contributed by atoms with E-state index in [0.29, 0.717) is 6.04 Å². The lowest BCUT2D eigenvalue weighted by Crippen LogP contribution is -2.34. The molecule has 2 aromatic heterocycles. The number of hydrogen-bond donors (Lipinski definition) is 1. The van der Waals surface area contributed by atoms with Crippen molar-refractivity contribution in [3.63, 3.8) is 0 Å². The van der Waals surface area contributed by atoms with Gasteiger partial charge in [-0.3, -0.25) is 4.90 Å². The average Bonchev–Trinajstić information content (AvgIpc) is 2.94. The fourth-order valence-electron chi connectivity index (χ4n) is 2.67. The smallest absolute Gasteiger partial charge is 0.137 e. The number of rotatable bonds is 3. The summed E-state index contributed by atoms with van der Waals surface area (Å²) in [7, 11) is 0. The number of fused-ring (bicyclic) bond motifs is 1. The van der Waals surface area contributed by atoms with Crippen LogP contribution in [0.3, 0.4) is 0 Å². The molecule has 0 aliphatic carbocycles. The quantitative estimate of drug-likeness (QED) is 0.921. The van der Waals surface area contributed by atoms with Crippen LogP contribution in [0, 0.1) is 0 Å². The number of hydrogen-bond acceptors (Lipinski definition) is 3. The first-order valence-electron chi connectivity index (χ1n) is 6.33. The number of aromatic nitrogens is 2. The van der Waals surface area contributed by atoms with E-state index in [2.05, 4.69) is 9.88 Å². The van der Waals surface area contributed by atoms with Crippen LogP contribution in [0.5, 0.6) is 0 Å². The van der Waals surface area contributed by atoms with E-state index in [4.69, 9.17) is 17.3 Å². The molecule has 1 saturated heterocycles. The van der Waals surface area contributed by atoms with Crippen LogP contribution >= 0.6 is 11.6 Å². The molecule has 0 radical (unpaired) electrons. The van der Waals surface area contributed by atoms with Crippen LogP contribution < -0.4 is 5.73 Å². The predicted molar refractivity (Wildman–Crippen MR) is 72.7 cm³/mol. The number of likely N-dealkylation sites (tertiary alicyclic amines) is 1. The van der Waals surface area contributed by atoms with Crippen LogP contribution in [0.2, 0.25) is 5.02 Å². The van der Waals surface area contributed by atoms with Gasteiger partial charge in [0.2, 0.25) is 0 Å². The second-order valence-electron chi connectivity index (χ2n) is 4.85. The average molecular weight is 265 g/mol. The Kier molecular flexibility index (Phi) is 3.24. The summed E-state index contributed by atoms with van der Waals surface area (Å²) in [5.41, 5.74) is 7.81. The molecule has 0 bridgehead atoms. The Balaban J connectivity index is 1.82. The molecule has 2 N–H and O–H groups in total. The molecule has 0 saturated carbocycles. The van der Waals surface area contributed by atoms with Crippen LogP contribution in [0.25, 0.3) is 5.65 Å². The van der Waals surface area contributed by atoms with Gasteiger partial charge in [-0.2, -0.15) is 0 Å². The van der Waals surface area contributed by atoms with E-state index >= 15 is 0 Å². The van der Waals surface area contributed by atoms with Gasteiger partial charge in [-0.25, -0.2) is 4.98 Å². The highest BCUT2D eigenvalue weighted by molar-refractivity contribution is 6.30. The molecule has 1 unspecified atom stereocenters. The largest absolute Gasteiger partial charge is 0.329 e. The summed E-state index contributed by atoms with van der Waals surface area (Å²) >= 11 is 5.97. The molecular formula is C13H17ClN4. The summed E-state index contributed by atoms with van der Waals surface area (Å²) in [6.45, 7) is 2.73. The Morgan fingerprint density at radius 1 is 1.39 bits per heavy atom. The van der Waals surface area contributed by atoms with Gasteiger partial charge in [-0.15, -0.1) is 0 Å². The van der Waals surface area contributed by atoms with Crippen molar-refractivity contribution in [1.82, 2.24) is 14.3 Å². The van der Waals surface area contributed by atoms with E-state index < -0.39 is 0 Å². The normalized spacial score (nSPS) is 20.9. The van der Waals surface area contributed by atoms with Crippen LogP contribution in [0.1, 0.15) is 18.5 Å². The molecule has 1 aliphatic rings. The van der Waals surface area contributed by atoms with Crippen molar-refractivity contribution in [3.8, 4) is 0 Å². The maximum absolute atomic E-state index is 5.97. The number of pyridine rings is 1. The zero-order valence-electron chi connectivity index (χ0n) is 10.2. The molecule has 0 spiro atoms. The van der Waals surface area contributed by atoms with E-state index in [1.165, 1.54) is 12.8 Å². The Morgan fingerprint density at radius 2 is 2.28 bits per heavy atom. The van der Waals surface area contributed by atoms with Gasteiger partial charge >= 0.3 is 0 Å². The molecule has 1 aliphatic heterocycles. The van der Waals surface area contributed by atoms with Crippen molar-refractivity contribution in [3.05, 3.63) is 35.2 Å². The van der Waals surface area contributed by atoms with Gasteiger partial charge in [0.25, 0.3) is 0 Å². The highest BCUT2D eigenvalue weighted by atomic mass is 35.5. The monoisotopic (exact) mass is 264 g/mol. The zero-order chi connectivity index (χ0) is 12.5. The van der Waals surface area contributed by atoms with Gasteiger partial charge in [0.05, 0.1) is 10.7 Å². The van der Waals surface area contributed by atoms with Gasteiger partial charge in [-0.1, -0.05) is 11.6 Å². The maximum atomic E-state index is 5.97. The Morgan fingerprint density at radius 3 is 3.11 bits per heavy atom. The highest BCUT2D eigenvalue weighted by Crippen LogP contribution is 2.19. The minimum absolute atomic E-state index is 0.512. The molecule has 0 aromatic carbocycles. The summed E-state index contributed by atoms with van der Waals surface area (Å²) in [5.74, 6) is 0. The highest BCUT2D eigenvalue weighted by Gasteiger charge is 2.23. The molecule has 1 atom stereocenters. The summed E-state index contributed by atoms with van der Waals surface area (Å²) in [5, 5.41) is 0.729. The number of halogens is 1. The number of nitrogens with two attached hydrogens (primary N) is 1. The van der Waals surface area contributed by atoms with Gasteiger partial charge in [0.15, 0.2) is 0 Å². The third-order valence-electron chi connectivity index (χ3n) is 3.60. The molecular weight excluding hydrogens is 248 g/mol. The Bertz CT molecular complexity index is 551. The van der Waals surface area contributed by atoms with Gasteiger partial charge in [0.1, 0.15) is 5.65 Å². The minimum Gasteiger partial charge on any atom is -0.329 e. The fourth-order valence-corrected chi connectivity index (χ4v) is 2.84. The maximum Gasteiger partial charge on any atom is 0.137 e. The van der Waals surface area contributed by atoms with E-state index in [1.54, 1.807) is 0 Å². The predicted octanol–water partition coefficient (Wildman–Crippen LogP) is 1.91. The lowest BCUT2D eigenvalue weighted by molar-refractivity contribution is 0.248. The molecule has 96 valence electrons. The van der Waals surface area contributed by atoms with Gasteiger partial charge in [-0.05, 0) is 31.5 Å². The molecule has 4 nitrogen and oxygen atoms in total. The van der Waals surface area contributed by atoms with Crippen LogP contribution in [-0.4, -0.2) is 33.4 Å². The molecule has 18 heavy (non-hydrogen) atoms. The van der Waals surface area contributed by atoms with Crippen molar-refractivity contribution in [1.29, 1.82) is 0 Å². The third-order valence-corrected chi connectivity index (χ3v) is 3.82. The fraction of sp³-hybridized carbons (Fsp3) is 0.462. The van der Waals surface area contributed by atoms with Crippen molar-refractivity contribution in [2.45, 2.75) is 25.4 Å². The molecule has 3 heterocycles. The zero-order valence-corrected chi connectivity index (χ0v) is 11.0. The van der Waals surface area contributed by atoms with Gasteiger partial charge < -0.3 is 10.1 Å². The first-order valence-corrected chi connectivity index (χ1v) is 6.71. The SMILES string of the molecule is NCC1CCCN1Cc1cn2cc(Cl)ccc2n1. The molecule has 0 amide bonds. The lowest BCUT2D eigenvalue weighted by atomic mass is 10.2. The Labute approximate surface area is 111 Å². The summed E-state index contributed by atoms with van der Waals surface area (Å²) in [6.07, 6.45) is 6.38. The topological polar surface area (TPSA) is 46.6 Å². The van der Waals surface area contributed by atoms with E-state index in [0.717, 1.165) is 36.0 Å². The van der Waals surface area contributed by atoms with Crippen molar-refractivity contribution >= 4 is 17.2 Å². The standard InChI is InChI=1S/C13H17ClN4/c14-10-3-4-13-16-11(9-18(13)7-10)8-17-5-1-2-12(17)6-15/h3-4,7,9,12H,1-2,5-6,8,15H2. The minimum atomic E-state index is 0.512. The molecule has 5 heteroatoms. The van der Waals surface area contributed by atoms with Crippen LogP contribution in [0.4, 0.5) is 0 Å². The van der Waals surface area contributed by atoms with Crippen molar-refractivity contribution in [2.24, 2.45) is 5.73 Å². The second-order valence-corrected chi connectivity index (χ2v) is 5.28. The van der Waals surface area contributed by atoms with Crippen molar-refractivity contribution < 1.29 is 0 Å². The summed E-state index contributed by atoms with van der Waals surface area (Å²) in [6, 6.07) is 4.32. The second kappa shape index (κ2) is 4.88. The molecule has 1 fully saturated rings. The van der Waals surface area contributed by atoms with E-state index in [9.17, 15) is 0 Å². The first-order chi connectivity index (χ1) is 8.76. The van der Waals surface area contributed by atoms with Crippen molar-refractivity contribution in [2.75, 3.05) is 13.1 Å². The first kappa shape index (κ1) is 12.0. The molecule has 2 aromatic rings. The van der Waals surface area contributed by atoms with Crippen LogP contribution in [-0.2, 0) is 6.54 Å². The number of imidazole rings is 1.